The number of methoxy groups -OCH3 is 1. The number of amides is 2. The van der Waals surface area contributed by atoms with Crippen LogP contribution in [-0.4, -0.2) is 24.7 Å². The summed E-state index contributed by atoms with van der Waals surface area (Å²) in [5.74, 6) is 0.847. The Bertz CT molecular complexity index is 870. The van der Waals surface area contributed by atoms with E-state index in [0.29, 0.717) is 13.1 Å². The van der Waals surface area contributed by atoms with E-state index >= 15 is 0 Å². The Balaban J connectivity index is 1.47. The number of aromatic amines is 1. The zero-order valence-corrected chi connectivity index (χ0v) is 14.6. The van der Waals surface area contributed by atoms with Gasteiger partial charge in [0.2, 0.25) is 0 Å². The lowest BCUT2D eigenvalue weighted by Crippen LogP contribution is -2.36. The first kappa shape index (κ1) is 16.9. The van der Waals surface area contributed by atoms with Crippen LogP contribution in [0, 0.1) is 6.92 Å². The fourth-order valence-corrected chi connectivity index (χ4v) is 2.90. The van der Waals surface area contributed by atoms with Gasteiger partial charge in [0.15, 0.2) is 0 Å². The number of aryl methyl sites for hydroxylation is 1. The summed E-state index contributed by atoms with van der Waals surface area (Å²) in [7, 11) is 1.65. The summed E-state index contributed by atoms with van der Waals surface area (Å²) in [5.41, 5.74) is 4.40. The van der Waals surface area contributed by atoms with Crippen LogP contribution in [0.5, 0.6) is 5.75 Å². The molecule has 2 amide bonds. The number of aromatic nitrogens is 1. The van der Waals surface area contributed by atoms with E-state index in [4.69, 9.17) is 4.74 Å². The third kappa shape index (κ3) is 4.32. The molecule has 25 heavy (non-hydrogen) atoms. The maximum absolute atomic E-state index is 12.0. The number of fused-ring (bicyclic) bond motifs is 1. The molecule has 2 aromatic carbocycles. The average Bonchev–Trinajstić information content (AvgIpc) is 2.99. The van der Waals surface area contributed by atoms with Crippen LogP contribution in [0.4, 0.5) is 4.79 Å². The molecule has 0 aliphatic heterocycles. The first-order valence-electron chi connectivity index (χ1n) is 8.37. The number of hydrogen-bond donors (Lipinski definition) is 3. The van der Waals surface area contributed by atoms with E-state index < -0.39 is 0 Å². The van der Waals surface area contributed by atoms with Gasteiger partial charge < -0.3 is 20.4 Å². The van der Waals surface area contributed by atoms with Crippen LogP contribution in [0.3, 0.4) is 0 Å². The van der Waals surface area contributed by atoms with Gasteiger partial charge in [0, 0.05) is 24.3 Å². The first-order chi connectivity index (χ1) is 12.2. The minimum absolute atomic E-state index is 0.166. The van der Waals surface area contributed by atoms with Gasteiger partial charge in [0.25, 0.3) is 0 Å². The molecule has 3 N–H and O–H groups in total. The number of hydrogen-bond acceptors (Lipinski definition) is 2. The molecule has 0 saturated heterocycles. The summed E-state index contributed by atoms with van der Waals surface area (Å²) in [4.78, 5) is 15.3. The van der Waals surface area contributed by atoms with Crippen LogP contribution < -0.4 is 15.4 Å². The Hall–Kier alpha value is -2.95. The largest absolute Gasteiger partial charge is 0.496 e. The molecule has 5 nitrogen and oxygen atoms in total. The molecule has 3 rings (SSSR count). The number of nitrogens with one attached hydrogen (secondary N) is 3. The normalized spacial score (nSPS) is 10.6. The number of ether oxygens (including phenoxy) is 1. The minimum Gasteiger partial charge on any atom is -0.496 e. The van der Waals surface area contributed by atoms with Crippen LogP contribution >= 0.6 is 0 Å². The number of carbonyl (C=O) groups is 1. The highest BCUT2D eigenvalue weighted by molar-refractivity contribution is 5.81. The predicted molar refractivity (Wildman–Crippen MR) is 100.0 cm³/mol. The number of H-pyrrole nitrogens is 1. The SMILES string of the molecule is COc1ccccc1CCNC(=O)NCc1ccc2[nH]c(C)cc2c1. The summed E-state index contributed by atoms with van der Waals surface area (Å²) < 4.78 is 5.31. The molecule has 0 saturated carbocycles. The molecule has 0 radical (unpaired) electrons. The van der Waals surface area contributed by atoms with Gasteiger partial charge in [-0.05, 0) is 54.1 Å². The van der Waals surface area contributed by atoms with Crippen molar-refractivity contribution in [1.29, 1.82) is 0 Å². The third-order valence-corrected chi connectivity index (χ3v) is 4.15. The first-order valence-corrected chi connectivity index (χ1v) is 8.37. The van der Waals surface area contributed by atoms with Crippen molar-refractivity contribution in [2.24, 2.45) is 0 Å². The standard InChI is InChI=1S/C20H23N3O2/c1-14-11-17-12-15(7-8-18(17)23-14)13-22-20(24)21-10-9-16-5-3-4-6-19(16)25-2/h3-8,11-12,23H,9-10,13H2,1-2H3,(H2,21,22,24). The van der Waals surface area contributed by atoms with E-state index in [1.807, 2.05) is 43.3 Å². The summed E-state index contributed by atoms with van der Waals surface area (Å²) >= 11 is 0. The van der Waals surface area contributed by atoms with E-state index in [0.717, 1.165) is 39.9 Å². The van der Waals surface area contributed by atoms with E-state index in [1.165, 1.54) is 0 Å². The molecule has 3 aromatic rings. The van der Waals surface area contributed by atoms with Crippen molar-refractivity contribution < 1.29 is 9.53 Å². The fraction of sp³-hybridized carbons (Fsp3) is 0.250. The predicted octanol–water partition coefficient (Wildman–Crippen LogP) is 3.53. The van der Waals surface area contributed by atoms with Crippen molar-refractivity contribution in [3.05, 3.63) is 65.4 Å². The van der Waals surface area contributed by atoms with Crippen molar-refractivity contribution in [3.63, 3.8) is 0 Å². The number of benzene rings is 2. The third-order valence-electron chi connectivity index (χ3n) is 4.15. The van der Waals surface area contributed by atoms with Crippen LogP contribution in [0.1, 0.15) is 16.8 Å². The smallest absolute Gasteiger partial charge is 0.315 e. The molecule has 0 spiro atoms. The lowest BCUT2D eigenvalue weighted by atomic mass is 10.1. The second-order valence-corrected chi connectivity index (χ2v) is 6.05. The molecule has 5 heteroatoms. The Morgan fingerprint density at radius 3 is 2.80 bits per heavy atom. The second-order valence-electron chi connectivity index (χ2n) is 6.05. The van der Waals surface area contributed by atoms with E-state index in [1.54, 1.807) is 7.11 Å². The maximum atomic E-state index is 12.0. The van der Waals surface area contributed by atoms with Crippen molar-refractivity contribution in [2.75, 3.05) is 13.7 Å². The highest BCUT2D eigenvalue weighted by Crippen LogP contribution is 2.18. The molecule has 130 valence electrons. The van der Waals surface area contributed by atoms with Crippen molar-refractivity contribution in [3.8, 4) is 5.75 Å². The quantitative estimate of drug-likeness (QED) is 0.644. The van der Waals surface area contributed by atoms with Gasteiger partial charge in [-0.1, -0.05) is 24.3 Å². The number of para-hydroxylation sites is 1. The lowest BCUT2D eigenvalue weighted by Gasteiger charge is -2.10. The van der Waals surface area contributed by atoms with Gasteiger partial charge in [-0.25, -0.2) is 4.79 Å². The van der Waals surface area contributed by atoms with E-state index in [-0.39, 0.29) is 6.03 Å². The van der Waals surface area contributed by atoms with Crippen molar-refractivity contribution in [2.45, 2.75) is 19.9 Å². The highest BCUT2D eigenvalue weighted by Gasteiger charge is 2.05. The Kier molecular flexibility index (Phi) is 5.23. The van der Waals surface area contributed by atoms with Gasteiger partial charge in [0.05, 0.1) is 7.11 Å². The number of rotatable bonds is 6. The Morgan fingerprint density at radius 2 is 1.96 bits per heavy atom. The molecule has 1 aromatic heterocycles. The van der Waals surface area contributed by atoms with Crippen LogP contribution in [-0.2, 0) is 13.0 Å². The number of urea groups is 1. The second kappa shape index (κ2) is 7.75. The van der Waals surface area contributed by atoms with E-state index in [9.17, 15) is 4.79 Å². The summed E-state index contributed by atoms with van der Waals surface area (Å²) in [5, 5.41) is 6.94. The summed E-state index contributed by atoms with van der Waals surface area (Å²) in [6.45, 7) is 3.09. The van der Waals surface area contributed by atoms with Crippen molar-refractivity contribution in [1.82, 2.24) is 15.6 Å². The average molecular weight is 337 g/mol. The summed E-state index contributed by atoms with van der Waals surface area (Å²) in [6.07, 6.45) is 0.728. The number of carbonyl (C=O) groups excluding carboxylic acids is 1. The molecule has 0 aliphatic rings. The highest BCUT2D eigenvalue weighted by atomic mass is 16.5. The van der Waals surface area contributed by atoms with Crippen LogP contribution in [0.2, 0.25) is 0 Å². The van der Waals surface area contributed by atoms with Gasteiger partial charge in [0.1, 0.15) is 5.75 Å². The maximum Gasteiger partial charge on any atom is 0.315 e. The van der Waals surface area contributed by atoms with E-state index in [2.05, 4.69) is 27.8 Å². The van der Waals surface area contributed by atoms with Gasteiger partial charge >= 0.3 is 6.03 Å². The van der Waals surface area contributed by atoms with Crippen molar-refractivity contribution >= 4 is 16.9 Å². The topological polar surface area (TPSA) is 66.2 Å². The van der Waals surface area contributed by atoms with Gasteiger partial charge in [-0.2, -0.15) is 0 Å². The minimum atomic E-state index is -0.166. The zero-order chi connectivity index (χ0) is 17.6. The molecule has 0 aliphatic carbocycles. The lowest BCUT2D eigenvalue weighted by molar-refractivity contribution is 0.240. The Morgan fingerprint density at radius 1 is 1.12 bits per heavy atom. The fourth-order valence-electron chi connectivity index (χ4n) is 2.90. The molecule has 0 bridgehead atoms. The molecule has 0 atom stereocenters. The van der Waals surface area contributed by atoms with Gasteiger partial charge in [-0.15, -0.1) is 0 Å². The molecule has 0 fully saturated rings. The molecule has 1 heterocycles. The molecule has 0 unspecified atom stereocenters. The van der Waals surface area contributed by atoms with Crippen LogP contribution in [0.15, 0.2) is 48.5 Å². The van der Waals surface area contributed by atoms with Crippen LogP contribution in [0.25, 0.3) is 10.9 Å². The summed E-state index contributed by atoms with van der Waals surface area (Å²) in [6, 6.07) is 15.9. The Labute approximate surface area is 147 Å². The molecular formula is C20H23N3O2. The zero-order valence-electron chi connectivity index (χ0n) is 14.6. The van der Waals surface area contributed by atoms with Gasteiger partial charge in [-0.3, -0.25) is 0 Å². The monoisotopic (exact) mass is 337 g/mol. The molecular weight excluding hydrogens is 314 g/mol.